The lowest BCUT2D eigenvalue weighted by molar-refractivity contribution is 0.354. The zero-order valence-corrected chi connectivity index (χ0v) is 17.0. The number of phenols is 2. The van der Waals surface area contributed by atoms with Crippen molar-refractivity contribution < 1.29 is 19.7 Å². The molecule has 0 fully saturated rings. The van der Waals surface area contributed by atoms with Crippen LogP contribution < -0.4 is 9.47 Å². The summed E-state index contributed by atoms with van der Waals surface area (Å²) in [6.45, 7) is 0.392. The fraction of sp³-hybridized carbons (Fsp3) is 0.174. The first-order valence-corrected chi connectivity index (χ1v) is 9.39. The van der Waals surface area contributed by atoms with Crippen LogP contribution in [0.25, 0.3) is 0 Å². The van der Waals surface area contributed by atoms with Crippen LogP contribution in [-0.4, -0.2) is 30.1 Å². The van der Waals surface area contributed by atoms with Gasteiger partial charge in [0.25, 0.3) is 0 Å². The van der Waals surface area contributed by atoms with Gasteiger partial charge in [-0.15, -0.1) is 0 Å². The minimum atomic E-state index is -0.0231. The van der Waals surface area contributed by atoms with Crippen LogP contribution in [0.4, 0.5) is 0 Å². The van der Waals surface area contributed by atoms with Crippen LogP contribution in [-0.2, 0) is 13.0 Å². The summed E-state index contributed by atoms with van der Waals surface area (Å²) in [5.74, 6) is 1.26. The molecule has 5 nitrogen and oxygen atoms in total. The second-order valence-electron chi connectivity index (χ2n) is 6.46. The summed E-state index contributed by atoms with van der Waals surface area (Å²) >= 11 is 5.98. The molecular formula is C23H22ClNO4. The molecule has 0 atom stereocenters. The summed E-state index contributed by atoms with van der Waals surface area (Å²) in [7, 11) is 3.18. The van der Waals surface area contributed by atoms with E-state index >= 15 is 0 Å². The molecule has 0 aliphatic heterocycles. The number of hydrogen-bond acceptors (Lipinski definition) is 5. The van der Waals surface area contributed by atoms with Gasteiger partial charge in [0, 0.05) is 23.1 Å². The number of aromatic hydroxyl groups is 2. The highest BCUT2D eigenvalue weighted by atomic mass is 35.5. The van der Waals surface area contributed by atoms with E-state index in [4.69, 9.17) is 26.1 Å². The average molecular weight is 412 g/mol. The Morgan fingerprint density at radius 1 is 0.862 bits per heavy atom. The minimum Gasteiger partial charge on any atom is -0.508 e. The Hall–Kier alpha value is -3.18. The topological polar surface area (TPSA) is 71.3 Å². The maximum atomic E-state index is 10.3. The Bertz CT molecular complexity index is 1020. The first-order valence-electron chi connectivity index (χ1n) is 9.01. The highest BCUT2D eigenvalue weighted by molar-refractivity contribution is 6.30. The molecule has 0 spiro atoms. The molecule has 6 heteroatoms. The summed E-state index contributed by atoms with van der Waals surface area (Å²) < 4.78 is 10.6. The molecule has 0 heterocycles. The van der Waals surface area contributed by atoms with E-state index in [1.807, 2.05) is 42.5 Å². The number of halogens is 1. The summed E-state index contributed by atoms with van der Waals surface area (Å²) in [6, 6.07) is 17.6. The van der Waals surface area contributed by atoms with Crippen LogP contribution in [0.15, 0.2) is 65.7 Å². The molecule has 3 rings (SSSR count). The highest BCUT2D eigenvalue weighted by Gasteiger charge is 2.12. The average Bonchev–Trinajstić information content (AvgIpc) is 2.72. The van der Waals surface area contributed by atoms with E-state index in [1.54, 1.807) is 20.3 Å². The van der Waals surface area contributed by atoms with E-state index in [2.05, 4.69) is 0 Å². The van der Waals surface area contributed by atoms with Crippen LogP contribution in [0, 0.1) is 0 Å². The van der Waals surface area contributed by atoms with Gasteiger partial charge in [0.15, 0.2) is 11.5 Å². The third kappa shape index (κ3) is 5.21. The van der Waals surface area contributed by atoms with Crippen molar-refractivity contribution in [1.29, 1.82) is 0 Å². The van der Waals surface area contributed by atoms with Gasteiger partial charge in [-0.1, -0.05) is 29.8 Å². The third-order valence-electron chi connectivity index (χ3n) is 4.48. The molecule has 3 aromatic carbocycles. The van der Waals surface area contributed by atoms with Crippen LogP contribution >= 0.6 is 11.6 Å². The van der Waals surface area contributed by atoms with Crippen LogP contribution in [0.5, 0.6) is 23.0 Å². The lowest BCUT2D eigenvalue weighted by atomic mass is 10.0. The molecule has 150 valence electrons. The Balaban J connectivity index is 1.94. The Labute approximate surface area is 174 Å². The molecule has 0 amide bonds. The van der Waals surface area contributed by atoms with E-state index in [1.165, 1.54) is 12.1 Å². The van der Waals surface area contributed by atoms with Gasteiger partial charge in [-0.05, 0) is 47.5 Å². The predicted octanol–water partition coefficient (Wildman–Crippen LogP) is 5.00. The number of ether oxygens (including phenoxy) is 2. The number of phenolic OH excluding ortho intramolecular Hbond substituents is 2. The van der Waals surface area contributed by atoms with Crippen molar-refractivity contribution in [3.8, 4) is 23.0 Å². The van der Waals surface area contributed by atoms with E-state index < -0.39 is 0 Å². The number of nitrogens with zero attached hydrogens (tertiary/aromatic N) is 1. The van der Waals surface area contributed by atoms with Crippen molar-refractivity contribution in [2.24, 2.45) is 4.99 Å². The smallest absolute Gasteiger partial charge is 0.161 e. The normalized spacial score (nSPS) is 11.3. The lowest BCUT2D eigenvalue weighted by Crippen LogP contribution is -2.07. The molecule has 0 radical (unpaired) electrons. The maximum Gasteiger partial charge on any atom is 0.161 e. The Morgan fingerprint density at radius 2 is 1.55 bits per heavy atom. The number of hydrogen-bond donors (Lipinski definition) is 2. The summed E-state index contributed by atoms with van der Waals surface area (Å²) in [4.78, 5) is 4.75. The molecule has 0 unspecified atom stereocenters. The maximum absolute atomic E-state index is 10.3. The van der Waals surface area contributed by atoms with Gasteiger partial charge in [0.05, 0.1) is 26.5 Å². The summed E-state index contributed by atoms with van der Waals surface area (Å²) in [5.41, 5.74) is 3.21. The van der Waals surface area contributed by atoms with E-state index in [0.29, 0.717) is 40.8 Å². The molecule has 0 aliphatic carbocycles. The number of aliphatic imine (C=N–C) groups is 1. The first kappa shape index (κ1) is 20.6. The first-order chi connectivity index (χ1) is 14.0. The Kier molecular flexibility index (Phi) is 6.62. The fourth-order valence-electron chi connectivity index (χ4n) is 2.96. The molecule has 0 bridgehead atoms. The van der Waals surface area contributed by atoms with E-state index in [0.717, 1.165) is 11.1 Å². The zero-order chi connectivity index (χ0) is 20.8. The highest BCUT2D eigenvalue weighted by Crippen LogP contribution is 2.29. The molecule has 0 aromatic heterocycles. The van der Waals surface area contributed by atoms with Gasteiger partial charge in [-0.2, -0.15) is 0 Å². The van der Waals surface area contributed by atoms with Crippen molar-refractivity contribution >= 4 is 17.3 Å². The molecule has 29 heavy (non-hydrogen) atoms. The molecule has 3 aromatic rings. The SMILES string of the molecule is COc1ccc(CN=C(Cc2ccc(Cl)cc2)c2ccc(O)cc2O)cc1OC. The van der Waals surface area contributed by atoms with Crippen LogP contribution in [0.3, 0.4) is 0 Å². The quantitative estimate of drug-likeness (QED) is 0.536. The van der Waals surface area contributed by atoms with Gasteiger partial charge in [-0.25, -0.2) is 0 Å². The number of benzene rings is 3. The second kappa shape index (κ2) is 9.34. The molecule has 0 saturated carbocycles. The largest absolute Gasteiger partial charge is 0.508 e. The fourth-order valence-corrected chi connectivity index (χ4v) is 3.09. The van der Waals surface area contributed by atoms with Gasteiger partial charge < -0.3 is 19.7 Å². The molecule has 0 aliphatic rings. The van der Waals surface area contributed by atoms with Crippen molar-refractivity contribution in [2.75, 3.05) is 14.2 Å². The molecular weight excluding hydrogens is 390 g/mol. The van der Waals surface area contributed by atoms with E-state index in [9.17, 15) is 10.2 Å². The lowest BCUT2D eigenvalue weighted by Gasteiger charge is -2.12. The van der Waals surface area contributed by atoms with Gasteiger partial charge in [-0.3, -0.25) is 4.99 Å². The summed E-state index contributed by atoms with van der Waals surface area (Å²) in [6.07, 6.45) is 0.503. The summed E-state index contributed by atoms with van der Waals surface area (Å²) in [5, 5.41) is 20.6. The second-order valence-corrected chi connectivity index (χ2v) is 6.89. The number of methoxy groups -OCH3 is 2. The standard InChI is InChI=1S/C23H22ClNO4/c1-28-22-10-5-16(12-23(22)29-2)14-25-20(11-15-3-6-17(24)7-4-15)19-9-8-18(26)13-21(19)27/h3-10,12-13,26-27H,11,14H2,1-2H3. The van der Waals surface area contributed by atoms with Crippen LogP contribution in [0.2, 0.25) is 5.02 Å². The minimum absolute atomic E-state index is 0.00279. The van der Waals surface area contributed by atoms with Crippen molar-refractivity contribution in [1.82, 2.24) is 0 Å². The van der Waals surface area contributed by atoms with Crippen molar-refractivity contribution in [3.63, 3.8) is 0 Å². The number of rotatable bonds is 7. The molecule has 0 saturated heterocycles. The van der Waals surface area contributed by atoms with Crippen molar-refractivity contribution in [2.45, 2.75) is 13.0 Å². The molecule has 2 N–H and O–H groups in total. The Morgan fingerprint density at radius 3 is 2.21 bits per heavy atom. The van der Waals surface area contributed by atoms with Crippen LogP contribution in [0.1, 0.15) is 16.7 Å². The monoisotopic (exact) mass is 411 g/mol. The van der Waals surface area contributed by atoms with E-state index in [-0.39, 0.29) is 11.5 Å². The van der Waals surface area contributed by atoms with Gasteiger partial charge in [0.1, 0.15) is 11.5 Å². The van der Waals surface area contributed by atoms with Gasteiger partial charge >= 0.3 is 0 Å². The predicted molar refractivity (Wildman–Crippen MR) is 115 cm³/mol. The third-order valence-corrected chi connectivity index (χ3v) is 4.73. The van der Waals surface area contributed by atoms with Crippen molar-refractivity contribution in [3.05, 3.63) is 82.4 Å². The zero-order valence-electron chi connectivity index (χ0n) is 16.2. The van der Waals surface area contributed by atoms with Gasteiger partial charge in [0.2, 0.25) is 0 Å².